The molecule has 0 saturated carbocycles. The van der Waals surface area contributed by atoms with Crippen molar-refractivity contribution in [2.45, 2.75) is 39.5 Å². The van der Waals surface area contributed by atoms with Crippen LogP contribution in [0.5, 0.6) is 5.75 Å². The van der Waals surface area contributed by atoms with Gasteiger partial charge in [-0.25, -0.2) is 4.98 Å². The first-order valence-electron chi connectivity index (χ1n) is 8.81. The Labute approximate surface area is 166 Å². The zero-order chi connectivity index (χ0) is 21.8. The molecule has 0 bridgehead atoms. The van der Waals surface area contributed by atoms with Crippen LogP contribution in [0.25, 0.3) is 0 Å². The maximum absolute atomic E-state index is 12.8. The number of ether oxygens (including phenoxy) is 1. The number of carbonyl (C=O) groups excluding carboxylic acids is 2. The lowest BCUT2D eigenvalue weighted by atomic mass is 10.1. The second kappa shape index (κ2) is 8.93. The predicted molar refractivity (Wildman–Crippen MR) is 102 cm³/mol. The molecule has 2 aromatic rings. The molecule has 0 atom stereocenters. The van der Waals surface area contributed by atoms with Crippen LogP contribution in [0.1, 0.15) is 41.2 Å². The highest BCUT2D eigenvalue weighted by molar-refractivity contribution is 6.03. The van der Waals surface area contributed by atoms with Crippen molar-refractivity contribution in [2.24, 2.45) is 0 Å². The lowest BCUT2D eigenvalue weighted by Gasteiger charge is -2.23. The van der Waals surface area contributed by atoms with Crippen molar-refractivity contribution in [3.05, 3.63) is 52.8 Å². The van der Waals surface area contributed by atoms with Gasteiger partial charge in [-0.1, -0.05) is 6.07 Å². The van der Waals surface area contributed by atoms with Crippen molar-refractivity contribution in [1.82, 2.24) is 9.88 Å². The first kappa shape index (κ1) is 22.2. The number of alkyl halides is 3. The molecule has 9 heteroatoms. The molecule has 1 heterocycles. The van der Waals surface area contributed by atoms with E-state index in [4.69, 9.17) is 4.74 Å². The van der Waals surface area contributed by atoms with E-state index in [1.54, 1.807) is 17.0 Å². The molecule has 156 valence electrons. The minimum atomic E-state index is -4.65. The summed E-state index contributed by atoms with van der Waals surface area (Å²) >= 11 is 0. The molecule has 0 spiro atoms. The zero-order valence-corrected chi connectivity index (χ0v) is 16.5. The van der Waals surface area contributed by atoms with Gasteiger partial charge >= 0.3 is 6.18 Å². The minimum absolute atomic E-state index is 0.0265. The molecule has 2 amide bonds. The summed E-state index contributed by atoms with van der Waals surface area (Å²) < 4.78 is 43.8. The van der Waals surface area contributed by atoms with E-state index in [9.17, 15) is 22.8 Å². The molecule has 0 aliphatic heterocycles. The molecule has 0 aliphatic rings. The lowest BCUT2D eigenvalue weighted by Crippen LogP contribution is -2.29. The Hall–Kier alpha value is -3.10. The van der Waals surface area contributed by atoms with Crippen molar-refractivity contribution in [1.29, 1.82) is 0 Å². The quantitative estimate of drug-likeness (QED) is 0.701. The van der Waals surface area contributed by atoms with Gasteiger partial charge in [-0.15, -0.1) is 0 Å². The van der Waals surface area contributed by atoms with Gasteiger partial charge in [0.05, 0.1) is 12.8 Å². The van der Waals surface area contributed by atoms with Crippen molar-refractivity contribution < 1.29 is 27.5 Å². The van der Waals surface area contributed by atoms with E-state index in [0.29, 0.717) is 12.3 Å². The van der Waals surface area contributed by atoms with Crippen LogP contribution in [0, 0.1) is 6.92 Å². The Balaban J connectivity index is 2.35. The summed E-state index contributed by atoms with van der Waals surface area (Å²) in [5.41, 5.74) is 0.344. The minimum Gasteiger partial charge on any atom is -0.495 e. The maximum atomic E-state index is 12.8. The summed E-state index contributed by atoms with van der Waals surface area (Å²) in [6, 6.07) is 6.40. The van der Waals surface area contributed by atoms with Crippen LogP contribution in [0.4, 0.5) is 18.9 Å². The highest BCUT2D eigenvalue weighted by atomic mass is 19.4. The average molecular weight is 409 g/mol. The number of carbonyl (C=O) groups is 2. The average Bonchev–Trinajstić information content (AvgIpc) is 2.66. The summed E-state index contributed by atoms with van der Waals surface area (Å²) in [5.74, 6) is -0.464. The summed E-state index contributed by atoms with van der Waals surface area (Å²) in [5, 5.41) is 2.54. The molecule has 1 aromatic carbocycles. The number of hydrogen-bond donors (Lipinski definition) is 1. The number of benzene rings is 1. The van der Waals surface area contributed by atoms with Crippen LogP contribution >= 0.6 is 0 Å². The fraction of sp³-hybridized carbons (Fsp3) is 0.350. The molecule has 0 aliphatic carbocycles. The molecule has 2 rings (SSSR count). The van der Waals surface area contributed by atoms with Gasteiger partial charge in [-0.2, -0.15) is 13.2 Å². The fourth-order valence-corrected chi connectivity index (χ4v) is 2.61. The van der Waals surface area contributed by atoms with Crippen molar-refractivity contribution >= 4 is 18.0 Å². The van der Waals surface area contributed by atoms with Crippen LogP contribution in [0.3, 0.4) is 0 Å². The molecule has 6 nitrogen and oxygen atoms in total. The van der Waals surface area contributed by atoms with E-state index in [1.807, 2.05) is 20.8 Å². The number of nitrogens with one attached hydrogen (secondary N) is 1. The summed E-state index contributed by atoms with van der Waals surface area (Å²) in [6.07, 6.45) is -3.92. The van der Waals surface area contributed by atoms with Crippen LogP contribution < -0.4 is 10.1 Å². The maximum Gasteiger partial charge on any atom is 0.433 e. The second-order valence-electron chi connectivity index (χ2n) is 6.71. The van der Waals surface area contributed by atoms with E-state index < -0.39 is 17.8 Å². The topological polar surface area (TPSA) is 71.5 Å². The van der Waals surface area contributed by atoms with Gasteiger partial charge in [-0.05, 0) is 56.2 Å². The Morgan fingerprint density at radius 2 is 2.00 bits per heavy atom. The number of hydrogen-bond acceptors (Lipinski definition) is 4. The fourth-order valence-electron chi connectivity index (χ4n) is 2.61. The number of halogens is 3. The molecule has 0 radical (unpaired) electrons. The number of rotatable bonds is 7. The molecule has 1 N–H and O–H groups in total. The lowest BCUT2D eigenvalue weighted by molar-refractivity contribution is -0.141. The van der Waals surface area contributed by atoms with Gasteiger partial charge in [0.2, 0.25) is 6.41 Å². The normalized spacial score (nSPS) is 11.3. The van der Waals surface area contributed by atoms with Gasteiger partial charge in [0.1, 0.15) is 17.1 Å². The monoisotopic (exact) mass is 409 g/mol. The Bertz CT molecular complexity index is 898. The van der Waals surface area contributed by atoms with Crippen molar-refractivity contribution in [3.8, 4) is 5.75 Å². The summed E-state index contributed by atoms with van der Waals surface area (Å²) in [6.45, 7) is 5.88. The SMILES string of the molecule is COc1cc(C)c(CN(C=O)C(C)C)cc1NC(=O)c1cccc(C(F)(F)F)n1. The van der Waals surface area contributed by atoms with Crippen LogP contribution in [0.2, 0.25) is 0 Å². The zero-order valence-electron chi connectivity index (χ0n) is 16.5. The smallest absolute Gasteiger partial charge is 0.433 e. The molecule has 0 saturated heterocycles. The number of aryl methyl sites for hydroxylation is 1. The largest absolute Gasteiger partial charge is 0.495 e. The molecule has 29 heavy (non-hydrogen) atoms. The third-order valence-electron chi connectivity index (χ3n) is 4.33. The van der Waals surface area contributed by atoms with E-state index in [1.165, 1.54) is 13.2 Å². The van der Waals surface area contributed by atoms with Crippen molar-refractivity contribution in [2.75, 3.05) is 12.4 Å². The summed E-state index contributed by atoms with van der Waals surface area (Å²) in [7, 11) is 1.42. The number of pyridine rings is 1. The third-order valence-corrected chi connectivity index (χ3v) is 4.33. The Kier molecular flexibility index (Phi) is 6.84. The third kappa shape index (κ3) is 5.46. The van der Waals surface area contributed by atoms with Gasteiger partial charge < -0.3 is 15.0 Å². The van der Waals surface area contributed by atoms with Crippen molar-refractivity contribution in [3.63, 3.8) is 0 Å². The van der Waals surface area contributed by atoms with E-state index in [0.717, 1.165) is 29.7 Å². The first-order valence-corrected chi connectivity index (χ1v) is 8.81. The first-order chi connectivity index (χ1) is 13.6. The molecular weight excluding hydrogens is 387 g/mol. The summed E-state index contributed by atoms with van der Waals surface area (Å²) in [4.78, 5) is 28.7. The Morgan fingerprint density at radius 1 is 1.31 bits per heavy atom. The second-order valence-corrected chi connectivity index (χ2v) is 6.71. The number of methoxy groups -OCH3 is 1. The molecule has 0 fully saturated rings. The van der Waals surface area contributed by atoms with Gasteiger partial charge in [0, 0.05) is 12.6 Å². The van der Waals surface area contributed by atoms with Gasteiger partial charge in [-0.3, -0.25) is 9.59 Å². The number of amides is 2. The van der Waals surface area contributed by atoms with Gasteiger partial charge in [0.25, 0.3) is 5.91 Å². The molecular formula is C20H22F3N3O3. The highest BCUT2D eigenvalue weighted by Crippen LogP contribution is 2.30. The predicted octanol–water partition coefficient (Wildman–Crippen LogP) is 4.04. The van der Waals surface area contributed by atoms with E-state index in [2.05, 4.69) is 10.3 Å². The highest BCUT2D eigenvalue weighted by Gasteiger charge is 2.33. The standard InChI is InChI=1S/C20H22F3N3O3/c1-12(2)26(11-27)10-14-9-16(17(29-4)8-13(14)3)25-19(28)15-6-5-7-18(24-15)20(21,22)23/h5-9,11-12H,10H2,1-4H3,(H,25,28). The van der Waals surface area contributed by atoms with Crippen LogP contribution in [-0.2, 0) is 17.5 Å². The van der Waals surface area contributed by atoms with Gasteiger partial charge in [0.15, 0.2) is 0 Å². The van der Waals surface area contributed by atoms with E-state index >= 15 is 0 Å². The number of aromatic nitrogens is 1. The van der Waals surface area contributed by atoms with E-state index in [-0.39, 0.29) is 17.4 Å². The van der Waals surface area contributed by atoms with Crippen LogP contribution in [-0.4, -0.2) is 35.4 Å². The molecule has 1 aromatic heterocycles. The number of nitrogens with zero attached hydrogens (tertiary/aromatic N) is 2. The Morgan fingerprint density at radius 3 is 2.55 bits per heavy atom. The number of anilines is 1. The molecule has 0 unspecified atom stereocenters. The van der Waals surface area contributed by atoms with Crippen LogP contribution in [0.15, 0.2) is 30.3 Å².